The molecule has 10 heteroatoms. The molecule has 0 unspecified atom stereocenters. The lowest BCUT2D eigenvalue weighted by atomic mass is 10.1. The topological polar surface area (TPSA) is 107 Å². The molecule has 1 aromatic carbocycles. The molecule has 5 rings (SSSR count). The maximum atomic E-state index is 12.9. The summed E-state index contributed by atoms with van der Waals surface area (Å²) in [6, 6.07) is 9.67. The van der Waals surface area contributed by atoms with E-state index in [1.807, 2.05) is 31.2 Å². The summed E-state index contributed by atoms with van der Waals surface area (Å²) in [4.78, 5) is 17.1. The third-order valence-corrected chi connectivity index (χ3v) is 5.02. The summed E-state index contributed by atoms with van der Waals surface area (Å²) in [6.07, 6.45) is 1.62. The minimum atomic E-state index is -0.357. The highest BCUT2D eigenvalue weighted by molar-refractivity contribution is 9.10. The van der Waals surface area contributed by atoms with E-state index in [2.05, 4.69) is 46.4 Å². The van der Waals surface area contributed by atoms with Gasteiger partial charge in [-0.1, -0.05) is 28.1 Å². The maximum absolute atomic E-state index is 12.9. The van der Waals surface area contributed by atoms with Crippen LogP contribution in [0.5, 0.6) is 0 Å². The molecule has 0 saturated heterocycles. The van der Waals surface area contributed by atoms with Gasteiger partial charge in [0.2, 0.25) is 0 Å². The number of benzene rings is 1. The summed E-state index contributed by atoms with van der Waals surface area (Å²) in [5.74, 6) is 0.879. The number of aromatic amines is 1. The van der Waals surface area contributed by atoms with Crippen molar-refractivity contribution >= 4 is 32.6 Å². The van der Waals surface area contributed by atoms with Crippen LogP contribution in [0.3, 0.4) is 0 Å². The summed E-state index contributed by atoms with van der Waals surface area (Å²) in [6.45, 7) is 3.68. The Balaban J connectivity index is 1.77. The first-order chi connectivity index (χ1) is 13.5. The average Bonchev–Trinajstić information content (AvgIpc) is 3.25. The highest BCUT2D eigenvalue weighted by Gasteiger charge is 2.18. The van der Waals surface area contributed by atoms with Crippen LogP contribution < -0.4 is 5.56 Å². The Kier molecular flexibility index (Phi) is 3.63. The first-order valence-corrected chi connectivity index (χ1v) is 9.25. The monoisotopic (exact) mass is 436 g/mol. The van der Waals surface area contributed by atoms with Crippen molar-refractivity contribution in [2.24, 2.45) is 0 Å². The number of aromatic nitrogens is 8. The summed E-state index contributed by atoms with van der Waals surface area (Å²) < 4.78 is 3.98. The van der Waals surface area contributed by atoms with Crippen LogP contribution in [0.15, 0.2) is 45.8 Å². The highest BCUT2D eigenvalue weighted by atomic mass is 79.9. The van der Waals surface area contributed by atoms with Crippen LogP contribution in [0, 0.1) is 13.8 Å². The fourth-order valence-electron chi connectivity index (χ4n) is 3.20. The number of hydrogen-bond donors (Lipinski definition) is 1. The van der Waals surface area contributed by atoms with E-state index in [0.717, 1.165) is 21.3 Å². The lowest BCUT2D eigenvalue weighted by Crippen LogP contribution is -2.21. The normalized spacial score (nSPS) is 11.5. The van der Waals surface area contributed by atoms with Crippen LogP contribution in [-0.4, -0.2) is 39.6 Å². The third kappa shape index (κ3) is 2.45. The van der Waals surface area contributed by atoms with Gasteiger partial charge in [0.15, 0.2) is 11.2 Å². The highest BCUT2D eigenvalue weighted by Crippen LogP contribution is 2.29. The van der Waals surface area contributed by atoms with Gasteiger partial charge in [-0.25, -0.2) is 9.08 Å². The Morgan fingerprint density at radius 1 is 1.07 bits per heavy atom. The zero-order valence-corrected chi connectivity index (χ0v) is 16.5. The smallest absolute Gasteiger partial charge is 0.266 e. The molecule has 0 spiro atoms. The standard InChI is InChI=1S/C18H13BrN8O/c1-9-14(11-3-5-12(19)6-4-11)16-23-22-15-13(27(16)25-9)7-8-26(17(15)28)18-20-10(2)21-24-18/h3-8H,1-2H3,(H,20,21,24). The van der Waals surface area contributed by atoms with Gasteiger partial charge in [-0.3, -0.25) is 9.89 Å². The fourth-order valence-corrected chi connectivity index (χ4v) is 3.47. The van der Waals surface area contributed by atoms with E-state index in [9.17, 15) is 4.79 Å². The molecule has 4 aromatic heterocycles. The lowest BCUT2D eigenvalue weighted by molar-refractivity contribution is 0.874. The maximum Gasteiger partial charge on any atom is 0.287 e. The molecule has 0 aliphatic heterocycles. The molecule has 0 amide bonds. The van der Waals surface area contributed by atoms with Crippen LogP contribution in [0.1, 0.15) is 11.5 Å². The van der Waals surface area contributed by atoms with Crippen molar-refractivity contribution in [1.82, 2.24) is 39.6 Å². The third-order valence-electron chi connectivity index (χ3n) is 4.49. The van der Waals surface area contributed by atoms with Gasteiger partial charge < -0.3 is 0 Å². The van der Waals surface area contributed by atoms with Gasteiger partial charge in [0, 0.05) is 10.7 Å². The van der Waals surface area contributed by atoms with Crippen LogP contribution in [-0.2, 0) is 0 Å². The SMILES string of the molecule is Cc1nc(-n2ccc3c(nnc4c(-c5ccc(Br)cc5)c(C)nn43)c2=O)n[nH]1. The van der Waals surface area contributed by atoms with Gasteiger partial charge in [0.05, 0.1) is 11.3 Å². The molecule has 0 radical (unpaired) electrons. The summed E-state index contributed by atoms with van der Waals surface area (Å²) in [5.41, 5.74) is 3.68. The molecule has 0 fully saturated rings. The van der Waals surface area contributed by atoms with Gasteiger partial charge in [0.1, 0.15) is 11.3 Å². The van der Waals surface area contributed by atoms with Gasteiger partial charge >= 0.3 is 0 Å². The second-order valence-electron chi connectivity index (χ2n) is 6.35. The second-order valence-corrected chi connectivity index (χ2v) is 7.26. The number of pyridine rings is 1. The molecule has 0 atom stereocenters. The number of H-pyrrole nitrogens is 1. The zero-order valence-electron chi connectivity index (χ0n) is 14.9. The van der Waals surface area contributed by atoms with E-state index >= 15 is 0 Å². The minimum Gasteiger partial charge on any atom is -0.266 e. The molecule has 9 nitrogen and oxygen atoms in total. The van der Waals surface area contributed by atoms with Crippen LogP contribution in [0.2, 0.25) is 0 Å². The van der Waals surface area contributed by atoms with E-state index in [-0.39, 0.29) is 17.0 Å². The number of nitrogens with one attached hydrogen (secondary N) is 1. The van der Waals surface area contributed by atoms with Crippen LogP contribution >= 0.6 is 15.9 Å². The number of rotatable bonds is 2. The Labute approximate surface area is 166 Å². The van der Waals surface area contributed by atoms with Crippen molar-refractivity contribution in [1.29, 1.82) is 0 Å². The average molecular weight is 437 g/mol. The van der Waals surface area contributed by atoms with Crippen molar-refractivity contribution in [3.8, 4) is 17.1 Å². The van der Waals surface area contributed by atoms with E-state index in [4.69, 9.17) is 0 Å². The minimum absolute atomic E-state index is 0.197. The fraction of sp³-hybridized carbons (Fsp3) is 0.111. The number of hydrogen-bond acceptors (Lipinski definition) is 6. The summed E-state index contributed by atoms with van der Waals surface area (Å²) in [7, 11) is 0. The van der Waals surface area contributed by atoms with Crippen molar-refractivity contribution in [2.75, 3.05) is 0 Å². The first-order valence-electron chi connectivity index (χ1n) is 8.45. The largest absolute Gasteiger partial charge is 0.287 e. The first kappa shape index (κ1) is 16.8. The quantitative estimate of drug-likeness (QED) is 0.455. The lowest BCUT2D eigenvalue weighted by Gasteiger charge is -2.04. The number of halogens is 1. The van der Waals surface area contributed by atoms with Gasteiger partial charge in [-0.05, 0) is 37.6 Å². The molecule has 5 aromatic rings. The van der Waals surface area contributed by atoms with Crippen molar-refractivity contribution in [3.05, 3.63) is 62.9 Å². The molecule has 0 aliphatic carbocycles. The van der Waals surface area contributed by atoms with E-state index in [1.165, 1.54) is 4.57 Å². The van der Waals surface area contributed by atoms with Gasteiger partial charge in [-0.15, -0.1) is 15.3 Å². The van der Waals surface area contributed by atoms with Crippen LogP contribution in [0.4, 0.5) is 0 Å². The van der Waals surface area contributed by atoms with Gasteiger partial charge in [-0.2, -0.15) is 10.1 Å². The Bertz CT molecular complexity index is 1410. The summed E-state index contributed by atoms with van der Waals surface area (Å²) in [5, 5.41) is 19.9. The molecule has 28 heavy (non-hydrogen) atoms. The Hall–Kier alpha value is -3.40. The Morgan fingerprint density at radius 3 is 2.57 bits per heavy atom. The number of aryl methyl sites for hydroxylation is 2. The van der Waals surface area contributed by atoms with E-state index < -0.39 is 0 Å². The molecule has 0 bridgehead atoms. The number of nitrogens with zero attached hydrogens (tertiary/aromatic N) is 7. The predicted molar refractivity (Wildman–Crippen MR) is 106 cm³/mol. The molecule has 4 heterocycles. The molecule has 0 aliphatic rings. The van der Waals surface area contributed by atoms with Crippen molar-refractivity contribution < 1.29 is 0 Å². The zero-order chi connectivity index (χ0) is 19.4. The van der Waals surface area contributed by atoms with Crippen molar-refractivity contribution in [3.63, 3.8) is 0 Å². The predicted octanol–water partition coefficient (Wildman–Crippen LogP) is 2.59. The van der Waals surface area contributed by atoms with E-state index in [0.29, 0.717) is 17.0 Å². The molecule has 138 valence electrons. The molecule has 0 saturated carbocycles. The molecule has 1 N–H and O–H groups in total. The molecular weight excluding hydrogens is 424 g/mol. The van der Waals surface area contributed by atoms with Crippen LogP contribution in [0.25, 0.3) is 33.8 Å². The Morgan fingerprint density at radius 2 is 1.86 bits per heavy atom. The number of fused-ring (bicyclic) bond motifs is 3. The summed E-state index contributed by atoms with van der Waals surface area (Å²) >= 11 is 3.45. The van der Waals surface area contributed by atoms with Gasteiger partial charge in [0.25, 0.3) is 11.5 Å². The molecular formula is C18H13BrN8O. The second kappa shape index (κ2) is 6.06. The van der Waals surface area contributed by atoms with E-state index in [1.54, 1.807) is 23.7 Å². The van der Waals surface area contributed by atoms with Crippen molar-refractivity contribution in [2.45, 2.75) is 13.8 Å².